The van der Waals surface area contributed by atoms with E-state index in [1.54, 1.807) is 6.20 Å². The number of hydrogen-bond donors (Lipinski definition) is 3. The number of nitrogens with zero attached hydrogens (tertiary/aromatic N) is 4. The lowest BCUT2D eigenvalue weighted by atomic mass is 9.80. The summed E-state index contributed by atoms with van der Waals surface area (Å²) < 4.78 is 2.83. The van der Waals surface area contributed by atoms with E-state index in [1.165, 1.54) is 0 Å². The molecule has 170 valence electrons. The third-order valence-electron chi connectivity index (χ3n) is 7.70. The third kappa shape index (κ3) is 3.19. The second-order valence-electron chi connectivity index (χ2n) is 9.65. The standard InChI is InChI=1S/C25H26BrN5O2/c1-30-13-25(11-19(30)16-5-4-15-9-17(26)23(27)29-18(15)10-16)12-20(21(32)22(25)33)31-8-6-14-3-2-7-28-24(14)31/h2-10,19-22,32-33H,11-13H2,1H3,(H2,27,29). The maximum absolute atomic E-state index is 11.3. The van der Waals surface area contributed by atoms with Crippen molar-refractivity contribution in [2.75, 3.05) is 19.3 Å². The van der Waals surface area contributed by atoms with Crippen LogP contribution in [0.25, 0.3) is 21.9 Å². The molecule has 5 atom stereocenters. The smallest absolute Gasteiger partial charge is 0.140 e. The number of pyridine rings is 2. The number of nitrogens with two attached hydrogens (primary N) is 1. The van der Waals surface area contributed by atoms with Gasteiger partial charge in [-0.15, -0.1) is 0 Å². The van der Waals surface area contributed by atoms with E-state index < -0.39 is 17.6 Å². The van der Waals surface area contributed by atoms with Crippen molar-refractivity contribution >= 4 is 43.7 Å². The highest BCUT2D eigenvalue weighted by Gasteiger charge is 2.57. The molecule has 1 saturated heterocycles. The van der Waals surface area contributed by atoms with Crippen LogP contribution in [0.2, 0.25) is 0 Å². The topological polar surface area (TPSA) is 100 Å². The van der Waals surface area contributed by atoms with E-state index in [-0.39, 0.29) is 12.1 Å². The molecule has 7 nitrogen and oxygen atoms in total. The van der Waals surface area contributed by atoms with Crippen molar-refractivity contribution in [3.05, 3.63) is 64.9 Å². The Hall–Kier alpha value is -2.52. The summed E-state index contributed by atoms with van der Waals surface area (Å²) in [5, 5.41) is 24.4. The fourth-order valence-electron chi connectivity index (χ4n) is 6.07. The van der Waals surface area contributed by atoms with Crippen molar-refractivity contribution in [1.82, 2.24) is 19.4 Å². The van der Waals surface area contributed by atoms with E-state index in [0.29, 0.717) is 18.8 Å². The lowest BCUT2D eigenvalue weighted by molar-refractivity contribution is -0.0238. The number of aliphatic hydroxyl groups is 2. The summed E-state index contributed by atoms with van der Waals surface area (Å²) in [4.78, 5) is 11.3. The number of halogens is 1. The summed E-state index contributed by atoms with van der Waals surface area (Å²) >= 11 is 3.45. The molecule has 1 saturated carbocycles. The first kappa shape index (κ1) is 21.0. The van der Waals surface area contributed by atoms with Gasteiger partial charge in [0.15, 0.2) is 0 Å². The molecular weight excluding hydrogens is 482 g/mol. The summed E-state index contributed by atoms with van der Waals surface area (Å²) in [6.07, 6.45) is 3.56. The lowest BCUT2D eigenvalue weighted by Gasteiger charge is -2.27. The molecule has 0 radical (unpaired) electrons. The normalized spacial score (nSPS) is 30.2. The molecule has 5 unspecified atom stereocenters. The van der Waals surface area contributed by atoms with Crippen molar-refractivity contribution in [3.8, 4) is 0 Å². The van der Waals surface area contributed by atoms with Crippen molar-refractivity contribution in [2.24, 2.45) is 5.41 Å². The number of nitrogen functional groups attached to an aromatic ring is 1. The van der Waals surface area contributed by atoms with Crippen LogP contribution in [0, 0.1) is 5.41 Å². The van der Waals surface area contributed by atoms with Crippen LogP contribution in [0.3, 0.4) is 0 Å². The summed E-state index contributed by atoms with van der Waals surface area (Å²) in [5.41, 5.74) is 8.47. The molecule has 8 heteroatoms. The fraction of sp³-hybridized carbons (Fsp3) is 0.360. The van der Waals surface area contributed by atoms with E-state index in [1.807, 2.05) is 35.0 Å². The second-order valence-corrected chi connectivity index (χ2v) is 10.5. The Kier molecular flexibility index (Phi) is 4.78. The van der Waals surface area contributed by atoms with Gasteiger partial charge in [-0.25, -0.2) is 9.97 Å². The molecule has 4 N–H and O–H groups in total. The van der Waals surface area contributed by atoms with E-state index in [0.717, 1.165) is 38.4 Å². The number of likely N-dealkylation sites (tertiary alicyclic amines) is 1. The van der Waals surface area contributed by atoms with Gasteiger partial charge in [-0.05, 0) is 71.7 Å². The third-order valence-corrected chi connectivity index (χ3v) is 8.33. The highest BCUT2D eigenvalue weighted by atomic mass is 79.9. The van der Waals surface area contributed by atoms with Crippen LogP contribution in [-0.2, 0) is 0 Å². The van der Waals surface area contributed by atoms with E-state index in [9.17, 15) is 10.2 Å². The van der Waals surface area contributed by atoms with Gasteiger partial charge in [0.25, 0.3) is 0 Å². The van der Waals surface area contributed by atoms with Gasteiger partial charge >= 0.3 is 0 Å². The van der Waals surface area contributed by atoms with Crippen LogP contribution in [-0.4, -0.2) is 55.4 Å². The molecule has 2 aliphatic rings. The fourth-order valence-corrected chi connectivity index (χ4v) is 6.41. The highest BCUT2D eigenvalue weighted by molar-refractivity contribution is 9.10. The van der Waals surface area contributed by atoms with Gasteiger partial charge in [0, 0.05) is 41.2 Å². The van der Waals surface area contributed by atoms with Gasteiger partial charge in [0.05, 0.1) is 22.1 Å². The van der Waals surface area contributed by atoms with Gasteiger partial charge in [0.2, 0.25) is 0 Å². The molecule has 1 spiro atoms. The van der Waals surface area contributed by atoms with Crippen molar-refractivity contribution in [3.63, 3.8) is 0 Å². The Morgan fingerprint density at radius 3 is 2.82 bits per heavy atom. The molecule has 33 heavy (non-hydrogen) atoms. The SMILES string of the molecule is CN1CC2(CC1c1ccc3cc(Br)c(N)nc3c1)CC(n1ccc3cccnc31)C(O)C2O. The second kappa shape index (κ2) is 7.50. The van der Waals surface area contributed by atoms with Crippen LogP contribution in [0.1, 0.15) is 30.5 Å². The monoisotopic (exact) mass is 507 g/mol. The van der Waals surface area contributed by atoms with Gasteiger partial charge in [-0.2, -0.15) is 0 Å². The minimum absolute atomic E-state index is 0.126. The molecule has 0 bridgehead atoms. The lowest BCUT2D eigenvalue weighted by Crippen LogP contribution is -2.38. The van der Waals surface area contributed by atoms with Crippen molar-refractivity contribution in [1.29, 1.82) is 0 Å². The van der Waals surface area contributed by atoms with Crippen LogP contribution in [0.15, 0.2) is 59.3 Å². The summed E-state index contributed by atoms with van der Waals surface area (Å²) in [6, 6.07) is 14.1. The number of fused-ring (bicyclic) bond motifs is 2. The predicted octanol–water partition coefficient (Wildman–Crippen LogP) is 3.66. The minimum atomic E-state index is -0.842. The van der Waals surface area contributed by atoms with Crippen LogP contribution >= 0.6 is 15.9 Å². The largest absolute Gasteiger partial charge is 0.390 e. The molecule has 6 rings (SSSR count). The average Bonchev–Trinajstić information content (AvgIpc) is 3.45. The number of rotatable bonds is 2. The van der Waals surface area contributed by atoms with Gasteiger partial charge in [-0.1, -0.05) is 12.1 Å². The Morgan fingerprint density at radius 2 is 1.97 bits per heavy atom. The Morgan fingerprint density at radius 1 is 1.12 bits per heavy atom. The molecule has 1 aliphatic carbocycles. The number of aliphatic hydroxyl groups excluding tert-OH is 2. The van der Waals surface area contributed by atoms with Crippen LogP contribution in [0.4, 0.5) is 5.82 Å². The average molecular weight is 508 g/mol. The Balaban J connectivity index is 1.33. The maximum Gasteiger partial charge on any atom is 0.140 e. The molecular formula is C25H26BrN5O2. The van der Waals surface area contributed by atoms with Gasteiger partial charge in [0.1, 0.15) is 17.6 Å². The molecule has 4 heterocycles. The predicted molar refractivity (Wildman–Crippen MR) is 132 cm³/mol. The molecule has 1 aromatic carbocycles. The Bertz CT molecular complexity index is 1370. The molecule has 2 fully saturated rings. The summed E-state index contributed by atoms with van der Waals surface area (Å²) in [5.74, 6) is 0.473. The van der Waals surface area contributed by atoms with E-state index in [4.69, 9.17) is 5.73 Å². The molecule has 1 aliphatic heterocycles. The zero-order valence-corrected chi connectivity index (χ0v) is 19.9. The number of hydrogen-bond acceptors (Lipinski definition) is 6. The zero-order chi connectivity index (χ0) is 22.9. The quantitative estimate of drug-likeness (QED) is 0.382. The van der Waals surface area contributed by atoms with E-state index >= 15 is 0 Å². The Labute approximate surface area is 200 Å². The summed E-state index contributed by atoms with van der Waals surface area (Å²) in [6.45, 7) is 0.715. The first-order valence-corrected chi connectivity index (χ1v) is 12.0. The highest BCUT2D eigenvalue weighted by Crippen LogP contribution is 2.55. The van der Waals surface area contributed by atoms with Gasteiger partial charge < -0.3 is 20.5 Å². The molecule has 4 aromatic rings. The maximum atomic E-state index is 11.3. The number of anilines is 1. The van der Waals surface area contributed by atoms with Crippen molar-refractivity contribution < 1.29 is 10.2 Å². The molecule has 3 aromatic heterocycles. The van der Waals surface area contributed by atoms with E-state index in [2.05, 4.69) is 56.0 Å². The number of aromatic nitrogens is 3. The minimum Gasteiger partial charge on any atom is -0.390 e. The van der Waals surface area contributed by atoms with Crippen LogP contribution in [0.5, 0.6) is 0 Å². The van der Waals surface area contributed by atoms with Crippen molar-refractivity contribution in [2.45, 2.75) is 37.1 Å². The first-order chi connectivity index (χ1) is 15.9. The van der Waals surface area contributed by atoms with Crippen LogP contribution < -0.4 is 5.73 Å². The summed E-state index contributed by atoms with van der Waals surface area (Å²) in [7, 11) is 2.09. The number of benzene rings is 1. The van der Waals surface area contributed by atoms with Gasteiger partial charge in [-0.3, -0.25) is 4.90 Å². The first-order valence-electron chi connectivity index (χ1n) is 11.2. The molecule has 0 amide bonds. The zero-order valence-electron chi connectivity index (χ0n) is 18.3.